The SMILES string of the molecule is CCCN1C(=O)N[C@@H](c2ccc(NC(=O)Nc3ccc(Cl)cc3)cc2)C(C(=O)OC)=C1C. The highest BCUT2D eigenvalue weighted by molar-refractivity contribution is 6.30. The molecule has 2 aromatic rings. The van der Waals surface area contributed by atoms with Gasteiger partial charge in [-0.2, -0.15) is 0 Å². The van der Waals surface area contributed by atoms with Crippen LogP contribution in [-0.4, -0.2) is 36.6 Å². The summed E-state index contributed by atoms with van der Waals surface area (Å²) in [6.07, 6.45) is 0.752. The van der Waals surface area contributed by atoms with Gasteiger partial charge in [0.15, 0.2) is 0 Å². The molecule has 9 heteroatoms. The van der Waals surface area contributed by atoms with Crippen LogP contribution >= 0.6 is 11.6 Å². The van der Waals surface area contributed by atoms with Gasteiger partial charge in [0, 0.05) is 28.6 Å². The largest absolute Gasteiger partial charge is 0.466 e. The maximum Gasteiger partial charge on any atom is 0.337 e. The number of halogens is 1. The second-order valence-corrected chi connectivity index (χ2v) is 7.67. The van der Waals surface area contributed by atoms with Gasteiger partial charge in [-0.25, -0.2) is 14.4 Å². The van der Waals surface area contributed by atoms with Crippen LogP contribution in [0.1, 0.15) is 31.9 Å². The zero-order valence-corrected chi connectivity index (χ0v) is 18.8. The summed E-state index contributed by atoms with van der Waals surface area (Å²) >= 11 is 5.85. The monoisotopic (exact) mass is 456 g/mol. The van der Waals surface area contributed by atoms with Crippen LogP contribution in [0.3, 0.4) is 0 Å². The quantitative estimate of drug-likeness (QED) is 0.538. The third-order valence-corrected chi connectivity index (χ3v) is 5.30. The van der Waals surface area contributed by atoms with Crippen molar-refractivity contribution in [2.45, 2.75) is 26.3 Å². The number of ether oxygens (including phenoxy) is 1. The lowest BCUT2D eigenvalue weighted by molar-refractivity contribution is -0.136. The predicted molar refractivity (Wildman–Crippen MR) is 124 cm³/mol. The highest BCUT2D eigenvalue weighted by Crippen LogP contribution is 2.32. The molecule has 0 aromatic heterocycles. The highest BCUT2D eigenvalue weighted by atomic mass is 35.5. The number of hydrogen-bond acceptors (Lipinski definition) is 4. The van der Waals surface area contributed by atoms with Crippen LogP contribution in [0.2, 0.25) is 5.02 Å². The average molecular weight is 457 g/mol. The molecule has 0 unspecified atom stereocenters. The van der Waals surface area contributed by atoms with Crippen molar-refractivity contribution in [2.24, 2.45) is 0 Å². The molecule has 0 radical (unpaired) electrons. The Morgan fingerprint density at radius 2 is 1.62 bits per heavy atom. The first-order chi connectivity index (χ1) is 15.3. The number of carbonyl (C=O) groups is 3. The van der Waals surface area contributed by atoms with E-state index in [2.05, 4.69) is 16.0 Å². The Kier molecular flexibility index (Phi) is 7.37. The Hall–Kier alpha value is -3.52. The zero-order chi connectivity index (χ0) is 23.3. The highest BCUT2D eigenvalue weighted by Gasteiger charge is 2.35. The van der Waals surface area contributed by atoms with E-state index in [4.69, 9.17) is 16.3 Å². The van der Waals surface area contributed by atoms with E-state index in [0.29, 0.717) is 39.8 Å². The maximum atomic E-state index is 12.6. The number of rotatable bonds is 6. The topological polar surface area (TPSA) is 99.8 Å². The van der Waals surface area contributed by atoms with Gasteiger partial charge in [-0.05, 0) is 55.3 Å². The average Bonchev–Trinajstić information content (AvgIpc) is 2.78. The molecular weight excluding hydrogens is 432 g/mol. The fraction of sp³-hybridized carbons (Fsp3) is 0.261. The summed E-state index contributed by atoms with van der Waals surface area (Å²) in [7, 11) is 1.31. The van der Waals surface area contributed by atoms with Crippen molar-refractivity contribution in [3.8, 4) is 0 Å². The molecule has 8 nitrogen and oxygen atoms in total. The lowest BCUT2D eigenvalue weighted by Crippen LogP contribution is -2.48. The van der Waals surface area contributed by atoms with Gasteiger partial charge in [-0.15, -0.1) is 0 Å². The minimum Gasteiger partial charge on any atom is -0.466 e. The summed E-state index contributed by atoms with van der Waals surface area (Å²) in [5.41, 5.74) is 2.79. The van der Waals surface area contributed by atoms with Gasteiger partial charge in [0.05, 0.1) is 18.7 Å². The normalized spacial score (nSPS) is 15.8. The molecule has 1 aliphatic heterocycles. The van der Waals surface area contributed by atoms with E-state index in [9.17, 15) is 14.4 Å². The molecule has 1 atom stereocenters. The second-order valence-electron chi connectivity index (χ2n) is 7.23. The minimum absolute atomic E-state index is 0.272. The number of nitrogens with zero attached hydrogens (tertiary/aromatic N) is 1. The van der Waals surface area contributed by atoms with Crippen LogP contribution in [0.15, 0.2) is 59.8 Å². The molecule has 0 aliphatic carbocycles. The molecule has 168 valence electrons. The molecule has 2 aromatic carbocycles. The number of urea groups is 2. The number of nitrogens with one attached hydrogen (secondary N) is 3. The maximum absolute atomic E-state index is 12.6. The second kappa shape index (κ2) is 10.2. The number of amides is 4. The number of hydrogen-bond donors (Lipinski definition) is 3. The number of anilines is 2. The van der Waals surface area contributed by atoms with Crippen molar-refractivity contribution >= 4 is 41.0 Å². The first-order valence-corrected chi connectivity index (χ1v) is 10.5. The number of esters is 1. The van der Waals surface area contributed by atoms with E-state index in [1.807, 2.05) is 6.92 Å². The van der Waals surface area contributed by atoms with Gasteiger partial charge in [0.1, 0.15) is 0 Å². The third-order valence-electron chi connectivity index (χ3n) is 5.05. The van der Waals surface area contributed by atoms with E-state index in [0.717, 1.165) is 6.42 Å². The van der Waals surface area contributed by atoms with Crippen molar-refractivity contribution in [3.63, 3.8) is 0 Å². The van der Waals surface area contributed by atoms with Gasteiger partial charge in [-0.3, -0.25) is 4.90 Å². The van der Waals surface area contributed by atoms with Crippen LogP contribution in [0.4, 0.5) is 21.0 Å². The molecule has 0 saturated carbocycles. The number of methoxy groups -OCH3 is 1. The molecule has 0 fully saturated rings. The van der Waals surface area contributed by atoms with Crippen LogP contribution in [0.25, 0.3) is 0 Å². The molecular formula is C23H25ClN4O4. The molecule has 3 rings (SSSR count). The van der Waals surface area contributed by atoms with Gasteiger partial charge in [0.25, 0.3) is 0 Å². The molecule has 1 heterocycles. The van der Waals surface area contributed by atoms with Crippen LogP contribution in [0, 0.1) is 0 Å². The Balaban J connectivity index is 1.77. The first kappa shape index (κ1) is 23.1. The Morgan fingerprint density at radius 1 is 1.06 bits per heavy atom. The molecule has 4 amide bonds. The summed E-state index contributed by atoms with van der Waals surface area (Å²) in [4.78, 5) is 38.9. The van der Waals surface area contributed by atoms with Gasteiger partial charge >= 0.3 is 18.0 Å². The number of allylic oxidation sites excluding steroid dienone is 1. The molecule has 0 spiro atoms. The van der Waals surface area contributed by atoms with Crippen molar-refractivity contribution in [3.05, 3.63) is 70.4 Å². The molecule has 1 aliphatic rings. The number of benzene rings is 2. The van der Waals surface area contributed by atoms with Gasteiger partial charge < -0.3 is 20.7 Å². The summed E-state index contributed by atoms with van der Waals surface area (Å²) in [5.74, 6) is -0.502. The summed E-state index contributed by atoms with van der Waals surface area (Å²) in [5, 5.41) is 8.91. The Bertz CT molecular complexity index is 1030. The summed E-state index contributed by atoms with van der Waals surface area (Å²) < 4.78 is 4.97. The third kappa shape index (κ3) is 5.20. The van der Waals surface area contributed by atoms with Crippen molar-refractivity contribution in [1.29, 1.82) is 0 Å². The lowest BCUT2D eigenvalue weighted by atomic mass is 9.94. The summed E-state index contributed by atoms with van der Waals surface area (Å²) in [6, 6.07) is 12.3. The molecule has 0 bridgehead atoms. The van der Waals surface area contributed by atoms with E-state index in [1.54, 1.807) is 60.4 Å². The lowest BCUT2D eigenvalue weighted by Gasteiger charge is -2.35. The first-order valence-electron chi connectivity index (χ1n) is 10.1. The van der Waals surface area contributed by atoms with E-state index in [-0.39, 0.29) is 6.03 Å². The molecule has 3 N–H and O–H groups in total. The van der Waals surface area contributed by atoms with Crippen molar-refractivity contribution < 1.29 is 19.1 Å². The van der Waals surface area contributed by atoms with Crippen molar-refractivity contribution in [1.82, 2.24) is 10.2 Å². The van der Waals surface area contributed by atoms with E-state index < -0.39 is 18.0 Å². The fourth-order valence-electron chi connectivity index (χ4n) is 3.48. The van der Waals surface area contributed by atoms with Crippen LogP contribution in [-0.2, 0) is 9.53 Å². The van der Waals surface area contributed by atoms with Crippen LogP contribution < -0.4 is 16.0 Å². The standard InChI is InChI=1S/C23H25ClN4O4/c1-4-13-28-14(2)19(21(29)32-3)20(27-23(28)31)15-5-9-17(10-6-15)25-22(30)26-18-11-7-16(24)8-12-18/h5-12,20H,4,13H2,1-3H3,(H,27,31)(H2,25,26,30)/t20-/m0/s1. The van der Waals surface area contributed by atoms with Gasteiger partial charge in [-0.1, -0.05) is 30.7 Å². The smallest absolute Gasteiger partial charge is 0.337 e. The Morgan fingerprint density at radius 3 is 2.16 bits per heavy atom. The zero-order valence-electron chi connectivity index (χ0n) is 18.1. The predicted octanol–water partition coefficient (Wildman–Crippen LogP) is 4.91. The minimum atomic E-state index is -0.653. The fourth-order valence-corrected chi connectivity index (χ4v) is 3.61. The van der Waals surface area contributed by atoms with Gasteiger partial charge in [0.2, 0.25) is 0 Å². The number of carbonyl (C=O) groups excluding carboxylic acids is 3. The molecule has 0 saturated heterocycles. The van der Waals surface area contributed by atoms with E-state index in [1.165, 1.54) is 7.11 Å². The van der Waals surface area contributed by atoms with E-state index >= 15 is 0 Å². The Labute approximate surface area is 191 Å². The van der Waals surface area contributed by atoms with Crippen molar-refractivity contribution in [2.75, 3.05) is 24.3 Å². The summed E-state index contributed by atoms with van der Waals surface area (Å²) in [6.45, 7) is 4.19. The van der Waals surface area contributed by atoms with Crippen LogP contribution in [0.5, 0.6) is 0 Å². The molecule has 32 heavy (non-hydrogen) atoms.